The SMILES string of the molecule is O=C(O)CCCCCCCC[C@H]1C[C@H](O)[C@@H](O)[C@@H](CO)O1. The molecule has 4 N–H and O–H groups in total. The number of carboxylic acids is 1. The number of hydrogen-bond donors (Lipinski definition) is 4. The standard InChI is InChI=1S/C15H28O6/c16-10-13-15(20)12(17)9-11(21-13)7-5-3-1-2-4-6-8-14(18)19/h11-13,15-17,20H,1-10H2,(H,18,19)/t11-,12-,13+,15+/m0/s1. The molecule has 0 unspecified atom stereocenters. The first kappa shape index (κ1) is 18.4. The van der Waals surface area contributed by atoms with Crippen molar-refractivity contribution in [3.8, 4) is 0 Å². The van der Waals surface area contributed by atoms with Gasteiger partial charge in [-0.3, -0.25) is 4.79 Å². The maximum atomic E-state index is 10.3. The molecule has 0 radical (unpaired) electrons. The summed E-state index contributed by atoms with van der Waals surface area (Å²) in [5.74, 6) is -0.733. The molecule has 0 saturated carbocycles. The summed E-state index contributed by atoms with van der Waals surface area (Å²) in [5.41, 5.74) is 0. The van der Waals surface area contributed by atoms with Crippen LogP contribution >= 0.6 is 0 Å². The smallest absolute Gasteiger partial charge is 0.303 e. The van der Waals surface area contributed by atoms with Gasteiger partial charge in [-0.25, -0.2) is 0 Å². The van der Waals surface area contributed by atoms with Crippen LogP contribution in [-0.4, -0.2) is 57.4 Å². The van der Waals surface area contributed by atoms with Gasteiger partial charge in [0.1, 0.15) is 12.2 Å². The van der Waals surface area contributed by atoms with Crippen molar-refractivity contribution in [2.24, 2.45) is 0 Å². The van der Waals surface area contributed by atoms with Gasteiger partial charge < -0.3 is 25.2 Å². The second-order valence-electron chi connectivity index (χ2n) is 5.83. The molecule has 1 heterocycles. The van der Waals surface area contributed by atoms with Crippen LogP contribution in [0.3, 0.4) is 0 Å². The van der Waals surface area contributed by atoms with Crippen LogP contribution in [0.2, 0.25) is 0 Å². The first-order valence-electron chi connectivity index (χ1n) is 7.88. The molecule has 6 nitrogen and oxygen atoms in total. The predicted molar refractivity (Wildman–Crippen MR) is 76.9 cm³/mol. The molecule has 0 amide bonds. The second-order valence-corrected chi connectivity index (χ2v) is 5.83. The minimum absolute atomic E-state index is 0.104. The van der Waals surface area contributed by atoms with Crippen LogP contribution in [0.5, 0.6) is 0 Å². The summed E-state index contributed by atoms with van der Waals surface area (Å²) in [4.78, 5) is 10.3. The summed E-state index contributed by atoms with van der Waals surface area (Å²) >= 11 is 0. The van der Waals surface area contributed by atoms with Crippen LogP contribution < -0.4 is 0 Å². The van der Waals surface area contributed by atoms with Crippen LogP contribution in [-0.2, 0) is 9.53 Å². The van der Waals surface area contributed by atoms with Gasteiger partial charge in [0.25, 0.3) is 0 Å². The fourth-order valence-corrected chi connectivity index (χ4v) is 2.73. The van der Waals surface area contributed by atoms with E-state index in [2.05, 4.69) is 0 Å². The third-order valence-corrected chi connectivity index (χ3v) is 3.99. The number of carboxylic acid groups (broad SMARTS) is 1. The zero-order chi connectivity index (χ0) is 15.7. The number of carbonyl (C=O) groups is 1. The fraction of sp³-hybridized carbons (Fsp3) is 0.933. The van der Waals surface area contributed by atoms with Gasteiger partial charge in [0.05, 0.1) is 18.8 Å². The molecule has 1 aliphatic heterocycles. The lowest BCUT2D eigenvalue weighted by molar-refractivity contribution is -0.181. The lowest BCUT2D eigenvalue weighted by atomic mass is 9.95. The van der Waals surface area contributed by atoms with Crippen LogP contribution in [0.1, 0.15) is 57.8 Å². The quantitative estimate of drug-likeness (QED) is 0.450. The van der Waals surface area contributed by atoms with Crippen LogP contribution in [0, 0.1) is 0 Å². The summed E-state index contributed by atoms with van der Waals surface area (Å²) < 4.78 is 5.56. The number of aliphatic carboxylic acids is 1. The molecule has 1 saturated heterocycles. The highest BCUT2D eigenvalue weighted by molar-refractivity contribution is 5.66. The number of ether oxygens (including phenoxy) is 1. The van der Waals surface area contributed by atoms with Crippen molar-refractivity contribution < 1.29 is 30.0 Å². The summed E-state index contributed by atoms with van der Waals surface area (Å²) in [6, 6.07) is 0. The Morgan fingerprint density at radius 1 is 1.05 bits per heavy atom. The van der Waals surface area contributed by atoms with E-state index in [1.54, 1.807) is 0 Å². The van der Waals surface area contributed by atoms with Gasteiger partial charge in [-0.2, -0.15) is 0 Å². The molecular weight excluding hydrogens is 276 g/mol. The predicted octanol–water partition coefficient (Wildman–Crippen LogP) is 1.06. The van der Waals surface area contributed by atoms with Gasteiger partial charge in [-0.05, 0) is 12.8 Å². The largest absolute Gasteiger partial charge is 0.481 e. The maximum absolute atomic E-state index is 10.3. The monoisotopic (exact) mass is 304 g/mol. The molecule has 0 aromatic rings. The minimum atomic E-state index is -1.000. The Morgan fingerprint density at radius 3 is 2.29 bits per heavy atom. The maximum Gasteiger partial charge on any atom is 0.303 e. The molecule has 1 fully saturated rings. The van der Waals surface area contributed by atoms with Crippen LogP contribution in [0.25, 0.3) is 0 Å². The Kier molecular flexibility index (Phi) is 8.84. The van der Waals surface area contributed by atoms with E-state index in [0.717, 1.165) is 44.9 Å². The molecule has 4 atom stereocenters. The number of unbranched alkanes of at least 4 members (excludes halogenated alkanes) is 5. The molecule has 0 aromatic heterocycles. The number of aliphatic hydroxyl groups is 3. The van der Waals surface area contributed by atoms with Gasteiger partial charge in [0, 0.05) is 12.8 Å². The highest BCUT2D eigenvalue weighted by atomic mass is 16.5. The van der Waals surface area contributed by atoms with Crippen molar-refractivity contribution in [2.75, 3.05) is 6.61 Å². The Morgan fingerprint density at radius 2 is 1.67 bits per heavy atom. The van der Waals surface area contributed by atoms with Crippen molar-refractivity contribution in [3.63, 3.8) is 0 Å². The third kappa shape index (κ3) is 7.22. The first-order valence-corrected chi connectivity index (χ1v) is 7.88. The first-order chi connectivity index (χ1) is 10.0. The molecule has 0 bridgehead atoms. The molecular formula is C15H28O6. The number of rotatable bonds is 10. The van der Waals surface area contributed by atoms with Gasteiger partial charge in [-0.1, -0.05) is 32.1 Å². The Labute approximate surface area is 125 Å². The lowest BCUT2D eigenvalue weighted by Crippen LogP contribution is -2.49. The Hall–Kier alpha value is -0.690. The van der Waals surface area contributed by atoms with Gasteiger partial charge in [0.15, 0.2) is 0 Å². The molecule has 0 spiro atoms. The van der Waals surface area contributed by atoms with E-state index in [1.807, 2.05) is 0 Å². The van der Waals surface area contributed by atoms with E-state index in [-0.39, 0.29) is 19.1 Å². The van der Waals surface area contributed by atoms with Crippen molar-refractivity contribution >= 4 is 5.97 Å². The average Bonchev–Trinajstić information content (AvgIpc) is 2.44. The van der Waals surface area contributed by atoms with E-state index in [0.29, 0.717) is 6.42 Å². The normalized spacial score (nSPS) is 29.5. The number of aliphatic hydroxyl groups excluding tert-OH is 3. The van der Waals surface area contributed by atoms with E-state index < -0.39 is 24.3 Å². The molecule has 124 valence electrons. The van der Waals surface area contributed by atoms with Gasteiger partial charge >= 0.3 is 5.97 Å². The third-order valence-electron chi connectivity index (χ3n) is 3.99. The van der Waals surface area contributed by atoms with Crippen molar-refractivity contribution in [1.82, 2.24) is 0 Å². The van der Waals surface area contributed by atoms with Gasteiger partial charge in [-0.15, -0.1) is 0 Å². The number of hydrogen-bond acceptors (Lipinski definition) is 5. The zero-order valence-corrected chi connectivity index (χ0v) is 12.5. The average molecular weight is 304 g/mol. The van der Waals surface area contributed by atoms with Crippen molar-refractivity contribution in [1.29, 1.82) is 0 Å². The Bertz CT molecular complexity index is 296. The summed E-state index contributed by atoms with van der Waals surface area (Å²) in [6.45, 7) is -0.279. The van der Waals surface area contributed by atoms with E-state index in [1.165, 1.54) is 0 Å². The summed E-state index contributed by atoms with van der Waals surface area (Å²) in [5, 5.41) is 36.9. The van der Waals surface area contributed by atoms with Crippen LogP contribution in [0.4, 0.5) is 0 Å². The summed E-state index contributed by atoms with van der Waals surface area (Å²) in [7, 11) is 0. The molecule has 0 aromatic carbocycles. The molecule has 1 aliphatic rings. The van der Waals surface area contributed by atoms with Crippen LogP contribution in [0.15, 0.2) is 0 Å². The fourth-order valence-electron chi connectivity index (χ4n) is 2.73. The Balaban J connectivity index is 2.03. The highest BCUT2D eigenvalue weighted by Gasteiger charge is 2.35. The van der Waals surface area contributed by atoms with E-state index >= 15 is 0 Å². The van der Waals surface area contributed by atoms with Crippen molar-refractivity contribution in [3.05, 3.63) is 0 Å². The minimum Gasteiger partial charge on any atom is -0.481 e. The summed E-state index contributed by atoms with van der Waals surface area (Å²) in [6.07, 6.45) is 4.69. The second kappa shape index (κ2) is 10.1. The molecule has 21 heavy (non-hydrogen) atoms. The lowest BCUT2D eigenvalue weighted by Gasteiger charge is -2.36. The van der Waals surface area contributed by atoms with Gasteiger partial charge in [0.2, 0.25) is 0 Å². The van der Waals surface area contributed by atoms with E-state index in [4.69, 9.17) is 14.9 Å². The highest BCUT2D eigenvalue weighted by Crippen LogP contribution is 2.24. The van der Waals surface area contributed by atoms with E-state index in [9.17, 15) is 15.0 Å². The van der Waals surface area contributed by atoms with Crippen molar-refractivity contribution in [2.45, 2.75) is 82.2 Å². The molecule has 6 heteroatoms. The zero-order valence-electron chi connectivity index (χ0n) is 12.5. The topological polar surface area (TPSA) is 107 Å². The molecule has 0 aliphatic carbocycles. The molecule has 1 rings (SSSR count).